The van der Waals surface area contributed by atoms with E-state index in [-0.39, 0.29) is 11.5 Å². The first-order valence-electron chi connectivity index (χ1n) is 9.37. The lowest BCUT2D eigenvalue weighted by Gasteiger charge is -2.30. The van der Waals surface area contributed by atoms with Gasteiger partial charge in [0.2, 0.25) is 0 Å². The number of hydrogen-bond acceptors (Lipinski definition) is 3. The number of carbonyl (C=O) groups excluding carboxylic acids is 1. The lowest BCUT2D eigenvalue weighted by Crippen LogP contribution is -2.40. The summed E-state index contributed by atoms with van der Waals surface area (Å²) < 4.78 is 13.5. The number of piperidine rings is 1. The number of nitrogens with one attached hydrogen (secondary N) is 1. The Kier molecular flexibility index (Phi) is 6.20. The summed E-state index contributed by atoms with van der Waals surface area (Å²) in [6.07, 6.45) is 2.52. The number of nitriles is 1. The van der Waals surface area contributed by atoms with Crippen LogP contribution in [0.2, 0.25) is 0 Å². The number of hydrogen-bond donors (Lipinski definition) is 1. The van der Waals surface area contributed by atoms with Crippen molar-refractivity contribution in [1.82, 2.24) is 10.2 Å². The van der Waals surface area contributed by atoms with E-state index in [1.807, 2.05) is 18.2 Å². The molecule has 0 spiro atoms. The van der Waals surface area contributed by atoms with Crippen LogP contribution in [0.3, 0.4) is 0 Å². The third kappa shape index (κ3) is 4.93. The van der Waals surface area contributed by atoms with E-state index in [0.29, 0.717) is 12.1 Å². The highest BCUT2D eigenvalue weighted by molar-refractivity contribution is 5.94. The zero-order valence-electron chi connectivity index (χ0n) is 15.5. The van der Waals surface area contributed by atoms with Crippen LogP contribution in [-0.4, -0.2) is 37.0 Å². The summed E-state index contributed by atoms with van der Waals surface area (Å²) in [7, 11) is 0. The van der Waals surface area contributed by atoms with Gasteiger partial charge in [0.1, 0.15) is 11.9 Å². The van der Waals surface area contributed by atoms with Crippen LogP contribution in [0.5, 0.6) is 0 Å². The summed E-state index contributed by atoms with van der Waals surface area (Å²) in [5, 5.41) is 11.9. The van der Waals surface area contributed by atoms with Crippen LogP contribution < -0.4 is 5.32 Å². The summed E-state index contributed by atoms with van der Waals surface area (Å²) in [6.45, 7) is 5.99. The van der Waals surface area contributed by atoms with Gasteiger partial charge in [-0.15, -0.1) is 0 Å². The molecule has 1 atom stereocenters. The highest BCUT2D eigenvalue weighted by Crippen LogP contribution is 2.22. The largest absolute Gasteiger partial charge is 0.351 e. The number of nitrogens with zero attached hydrogens (tertiary/aromatic N) is 2. The number of likely N-dealkylation sites (tertiary alicyclic amines) is 1. The average molecular weight is 365 g/mol. The first-order chi connectivity index (χ1) is 13.1. The number of carbonyl (C=O) groups is 1. The molecule has 0 radical (unpaired) electrons. The van der Waals surface area contributed by atoms with Crippen molar-refractivity contribution in [3.63, 3.8) is 0 Å². The van der Waals surface area contributed by atoms with Gasteiger partial charge in [-0.25, -0.2) is 4.39 Å². The van der Waals surface area contributed by atoms with Crippen LogP contribution >= 0.6 is 0 Å². The van der Waals surface area contributed by atoms with Crippen molar-refractivity contribution in [3.8, 4) is 17.2 Å². The molecule has 1 aliphatic heterocycles. The van der Waals surface area contributed by atoms with Crippen molar-refractivity contribution in [2.75, 3.05) is 26.2 Å². The van der Waals surface area contributed by atoms with Crippen molar-refractivity contribution in [2.45, 2.75) is 19.8 Å². The van der Waals surface area contributed by atoms with E-state index in [9.17, 15) is 9.18 Å². The van der Waals surface area contributed by atoms with Gasteiger partial charge < -0.3 is 10.2 Å². The van der Waals surface area contributed by atoms with E-state index in [2.05, 4.69) is 17.1 Å². The van der Waals surface area contributed by atoms with E-state index in [1.165, 1.54) is 25.0 Å². The Morgan fingerprint density at radius 1 is 1.26 bits per heavy atom. The topological polar surface area (TPSA) is 56.1 Å². The molecule has 1 saturated heterocycles. The Bertz CT molecular complexity index is 842. The Morgan fingerprint density at radius 3 is 2.70 bits per heavy atom. The minimum Gasteiger partial charge on any atom is -0.351 e. The molecule has 0 bridgehead atoms. The maximum atomic E-state index is 13.5. The Hall–Kier alpha value is -2.71. The molecule has 0 saturated carbocycles. The number of benzene rings is 2. The molecule has 4 nitrogen and oxygen atoms in total. The maximum absolute atomic E-state index is 13.5. The van der Waals surface area contributed by atoms with E-state index in [1.54, 1.807) is 18.2 Å². The van der Waals surface area contributed by atoms with Crippen molar-refractivity contribution in [1.29, 1.82) is 5.26 Å². The molecular weight excluding hydrogens is 341 g/mol. The minimum atomic E-state index is -0.527. The third-order valence-electron chi connectivity index (χ3n) is 5.02. The van der Waals surface area contributed by atoms with Crippen molar-refractivity contribution >= 4 is 5.91 Å². The highest BCUT2D eigenvalue weighted by Gasteiger charge is 2.16. The van der Waals surface area contributed by atoms with Crippen molar-refractivity contribution in [3.05, 3.63) is 59.4 Å². The standard InChI is InChI=1S/C22H24FN3O/c1-16-3-2-11-26(15-16)12-10-25-22(27)18-6-4-17(5-7-18)19-8-9-21(23)20(13-19)14-24/h4-9,13,16H,2-3,10-12,15H2,1H3,(H,25,27). The van der Waals surface area contributed by atoms with E-state index < -0.39 is 5.82 Å². The van der Waals surface area contributed by atoms with Gasteiger partial charge in [0.25, 0.3) is 5.91 Å². The summed E-state index contributed by atoms with van der Waals surface area (Å²) in [4.78, 5) is 14.7. The average Bonchev–Trinajstić information content (AvgIpc) is 2.68. The molecule has 0 aromatic heterocycles. The van der Waals surface area contributed by atoms with E-state index in [4.69, 9.17) is 5.26 Å². The van der Waals surface area contributed by atoms with Crippen LogP contribution in [0.25, 0.3) is 11.1 Å². The Labute approximate surface area is 159 Å². The summed E-state index contributed by atoms with van der Waals surface area (Å²) >= 11 is 0. The van der Waals surface area contributed by atoms with Crippen LogP contribution in [0, 0.1) is 23.1 Å². The summed E-state index contributed by atoms with van der Waals surface area (Å²) in [5.41, 5.74) is 2.19. The quantitative estimate of drug-likeness (QED) is 0.876. The van der Waals surface area contributed by atoms with Crippen LogP contribution in [-0.2, 0) is 0 Å². The Morgan fingerprint density at radius 2 is 2.00 bits per heavy atom. The fraction of sp³-hybridized carbons (Fsp3) is 0.364. The van der Waals surface area contributed by atoms with Crippen LogP contribution in [0.1, 0.15) is 35.7 Å². The molecule has 1 fully saturated rings. The molecule has 5 heteroatoms. The molecule has 0 aliphatic carbocycles. The molecule has 1 unspecified atom stereocenters. The van der Waals surface area contributed by atoms with Crippen LogP contribution in [0.15, 0.2) is 42.5 Å². The summed E-state index contributed by atoms with van der Waals surface area (Å²) in [6, 6.07) is 13.4. The lowest BCUT2D eigenvalue weighted by molar-refractivity contribution is 0.0944. The second-order valence-electron chi connectivity index (χ2n) is 7.19. The van der Waals surface area contributed by atoms with Gasteiger partial charge >= 0.3 is 0 Å². The molecule has 140 valence electrons. The molecular formula is C22H24FN3O. The third-order valence-corrected chi connectivity index (χ3v) is 5.02. The van der Waals surface area contributed by atoms with E-state index >= 15 is 0 Å². The first kappa shape index (κ1) is 19.1. The highest BCUT2D eigenvalue weighted by atomic mass is 19.1. The Balaban J connectivity index is 1.56. The molecule has 1 aliphatic rings. The van der Waals surface area contributed by atoms with Crippen molar-refractivity contribution < 1.29 is 9.18 Å². The molecule has 2 aromatic carbocycles. The zero-order chi connectivity index (χ0) is 19.2. The predicted octanol–water partition coefficient (Wildman–Crippen LogP) is 3.83. The molecule has 1 amide bonds. The smallest absolute Gasteiger partial charge is 0.251 e. The second-order valence-corrected chi connectivity index (χ2v) is 7.19. The predicted molar refractivity (Wildman–Crippen MR) is 104 cm³/mol. The molecule has 3 rings (SSSR count). The first-order valence-corrected chi connectivity index (χ1v) is 9.37. The normalized spacial score (nSPS) is 17.3. The van der Waals surface area contributed by atoms with Gasteiger partial charge in [0, 0.05) is 25.2 Å². The molecule has 1 heterocycles. The van der Waals surface area contributed by atoms with Crippen molar-refractivity contribution in [2.24, 2.45) is 5.92 Å². The number of rotatable bonds is 5. The molecule has 27 heavy (non-hydrogen) atoms. The summed E-state index contributed by atoms with van der Waals surface area (Å²) in [5.74, 6) is 0.110. The fourth-order valence-electron chi connectivity index (χ4n) is 3.52. The number of amides is 1. The maximum Gasteiger partial charge on any atom is 0.251 e. The second kappa shape index (κ2) is 8.79. The fourth-order valence-corrected chi connectivity index (χ4v) is 3.52. The van der Waals surface area contributed by atoms with Gasteiger partial charge in [-0.05, 0) is 60.7 Å². The van der Waals surface area contributed by atoms with Gasteiger partial charge in [-0.2, -0.15) is 5.26 Å². The zero-order valence-corrected chi connectivity index (χ0v) is 15.5. The van der Waals surface area contributed by atoms with Gasteiger partial charge in [-0.3, -0.25) is 4.79 Å². The van der Waals surface area contributed by atoms with E-state index in [0.717, 1.165) is 36.7 Å². The van der Waals surface area contributed by atoms with Crippen LogP contribution in [0.4, 0.5) is 4.39 Å². The molecule has 1 N–H and O–H groups in total. The van der Waals surface area contributed by atoms with Gasteiger partial charge in [-0.1, -0.05) is 25.1 Å². The minimum absolute atomic E-state index is 0.0151. The van der Waals surface area contributed by atoms with Gasteiger partial charge in [0.05, 0.1) is 5.56 Å². The lowest BCUT2D eigenvalue weighted by atomic mass is 10.0. The van der Waals surface area contributed by atoms with Gasteiger partial charge in [0.15, 0.2) is 0 Å². The SMILES string of the molecule is CC1CCCN(CCNC(=O)c2ccc(-c3ccc(F)c(C#N)c3)cc2)C1. The molecule has 2 aromatic rings. The number of halogens is 1. The monoisotopic (exact) mass is 365 g/mol.